The second-order valence-corrected chi connectivity index (χ2v) is 9.36. The predicted octanol–water partition coefficient (Wildman–Crippen LogP) is 2.76. The summed E-state index contributed by atoms with van der Waals surface area (Å²) in [7, 11) is 0. The first-order valence-electron chi connectivity index (χ1n) is 9.55. The molecule has 7 nitrogen and oxygen atoms in total. The molecular weight excluding hydrogens is 417 g/mol. The number of halogens is 2. The highest BCUT2D eigenvalue weighted by atomic mass is 35.5. The quantitative estimate of drug-likeness (QED) is 0.654. The summed E-state index contributed by atoms with van der Waals surface area (Å²) in [5, 5.41) is 0.268. The van der Waals surface area contributed by atoms with E-state index >= 15 is 0 Å². The number of H-pyrrole nitrogens is 1. The Hall–Kier alpha value is -1.97. The fourth-order valence-electron chi connectivity index (χ4n) is 4.17. The van der Waals surface area contributed by atoms with Crippen LogP contribution in [0.4, 0.5) is 10.2 Å². The number of nitrogens with two attached hydrogens (primary N) is 1. The Morgan fingerprint density at radius 3 is 2.66 bits per heavy atom. The number of pyridine rings is 2. The van der Waals surface area contributed by atoms with Crippen LogP contribution in [-0.2, 0) is 0 Å². The van der Waals surface area contributed by atoms with Gasteiger partial charge in [-0.15, -0.1) is 12.4 Å². The summed E-state index contributed by atoms with van der Waals surface area (Å²) >= 11 is 1.15. The topological polar surface area (TPSA) is 97.0 Å². The van der Waals surface area contributed by atoms with Crippen LogP contribution in [-0.4, -0.2) is 32.6 Å². The smallest absolute Gasteiger partial charge is 0.271 e. The SMILES string of the molecule is CC(C)(N)C1CCN(c2nc3c(cc2F)c(=O)c2c(=O)[nH]sc2n3C2CC2)C1.Cl. The van der Waals surface area contributed by atoms with Gasteiger partial charge in [-0.2, -0.15) is 0 Å². The molecule has 3 aromatic heterocycles. The van der Waals surface area contributed by atoms with E-state index in [1.807, 2.05) is 23.3 Å². The molecule has 0 radical (unpaired) electrons. The van der Waals surface area contributed by atoms with Gasteiger partial charge in [0.05, 0.1) is 5.39 Å². The maximum atomic E-state index is 15.0. The molecule has 3 aromatic rings. The Morgan fingerprint density at radius 2 is 2.03 bits per heavy atom. The summed E-state index contributed by atoms with van der Waals surface area (Å²) < 4.78 is 19.6. The van der Waals surface area contributed by atoms with Gasteiger partial charge in [0, 0.05) is 24.7 Å². The first-order valence-corrected chi connectivity index (χ1v) is 10.4. The van der Waals surface area contributed by atoms with Crippen molar-refractivity contribution < 1.29 is 4.39 Å². The third-order valence-electron chi connectivity index (χ3n) is 5.99. The second kappa shape index (κ2) is 6.78. The van der Waals surface area contributed by atoms with Gasteiger partial charge in [0.15, 0.2) is 11.6 Å². The predicted molar refractivity (Wildman–Crippen MR) is 116 cm³/mol. The zero-order valence-corrected chi connectivity index (χ0v) is 17.8. The molecule has 156 valence electrons. The molecule has 0 amide bonds. The average molecular weight is 440 g/mol. The molecule has 4 heterocycles. The highest BCUT2D eigenvalue weighted by Crippen LogP contribution is 2.40. The molecule has 5 rings (SSSR count). The van der Waals surface area contributed by atoms with Gasteiger partial charge < -0.3 is 15.2 Å². The number of aromatic amines is 1. The maximum Gasteiger partial charge on any atom is 0.271 e. The third kappa shape index (κ3) is 3.15. The second-order valence-electron chi connectivity index (χ2n) is 8.56. The Balaban J connectivity index is 0.00000205. The number of nitrogens with zero attached hydrogens (tertiary/aromatic N) is 3. The molecule has 1 aliphatic carbocycles. The molecule has 0 aromatic carbocycles. The van der Waals surface area contributed by atoms with Crippen molar-refractivity contribution in [3.05, 3.63) is 32.5 Å². The lowest BCUT2D eigenvalue weighted by Crippen LogP contribution is -2.42. The Kier molecular flexibility index (Phi) is 4.75. The molecule has 1 aliphatic heterocycles. The Morgan fingerprint density at radius 1 is 1.31 bits per heavy atom. The number of rotatable bonds is 3. The zero-order chi connectivity index (χ0) is 19.8. The van der Waals surface area contributed by atoms with Crippen molar-refractivity contribution in [2.45, 2.75) is 44.7 Å². The molecule has 1 atom stereocenters. The fraction of sp³-hybridized carbons (Fsp3) is 0.526. The van der Waals surface area contributed by atoms with Crippen molar-refractivity contribution >= 4 is 51.0 Å². The number of hydrogen-bond acceptors (Lipinski definition) is 6. The lowest BCUT2D eigenvalue weighted by Gasteiger charge is -2.27. The molecule has 1 saturated heterocycles. The first kappa shape index (κ1) is 20.3. The minimum absolute atomic E-state index is 0. The van der Waals surface area contributed by atoms with Crippen molar-refractivity contribution in [3.63, 3.8) is 0 Å². The van der Waals surface area contributed by atoms with Crippen molar-refractivity contribution in [1.82, 2.24) is 13.9 Å². The summed E-state index contributed by atoms with van der Waals surface area (Å²) in [6.07, 6.45) is 2.79. The number of fused-ring (bicyclic) bond motifs is 2. The van der Waals surface area contributed by atoms with Gasteiger partial charge in [0.25, 0.3) is 5.56 Å². The normalized spacial score (nSPS) is 19.9. The van der Waals surface area contributed by atoms with Crippen molar-refractivity contribution in [2.75, 3.05) is 18.0 Å². The molecule has 1 saturated carbocycles. The summed E-state index contributed by atoms with van der Waals surface area (Å²) in [4.78, 5) is 32.1. The molecule has 0 bridgehead atoms. The minimum Gasteiger partial charge on any atom is -0.354 e. The van der Waals surface area contributed by atoms with E-state index in [1.165, 1.54) is 6.07 Å². The van der Waals surface area contributed by atoms with E-state index < -0.39 is 16.8 Å². The van der Waals surface area contributed by atoms with Crippen molar-refractivity contribution in [2.24, 2.45) is 11.7 Å². The Labute approximate surface area is 176 Å². The van der Waals surface area contributed by atoms with Crippen LogP contribution in [0.3, 0.4) is 0 Å². The third-order valence-corrected chi connectivity index (χ3v) is 6.87. The first-order chi connectivity index (χ1) is 13.3. The van der Waals surface area contributed by atoms with Gasteiger partial charge in [-0.1, -0.05) is 0 Å². The van der Waals surface area contributed by atoms with E-state index in [9.17, 15) is 14.0 Å². The molecule has 3 N–H and O–H groups in total. The standard InChI is InChI=1S/C19H22FN5O2S.ClH/c1-19(2,21)9-5-6-24(8-9)16-12(20)7-11-14(26)13-17(27)23-28-18(13)25(10-3-4-10)15(11)22-16;/h7,9-10H,3-6,8,21H2,1-2H3,(H,23,27);1H. The van der Waals surface area contributed by atoms with Gasteiger partial charge in [-0.05, 0) is 56.6 Å². The minimum atomic E-state index is -0.534. The number of nitrogens with one attached hydrogen (secondary N) is 1. The monoisotopic (exact) mass is 439 g/mol. The van der Waals surface area contributed by atoms with E-state index in [4.69, 9.17) is 5.73 Å². The Bertz CT molecular complexity index is 1220. The van der Waals surface area contributed by atoms with E-state index in [0.717, 1.165) is 30.8 Å². The lowest BCUT2D eigenvalue weighted by atomic mass is 9.88. The maximum absolute atomic E-state index is 15.0. The largest absolute Gasteiger partial charge is 0.354 e. The van der Waals surface area contributed by atoms with E-state index in [0.29, 0.717) is 23.6 Å². The van der Waals surface area contributed by atoms with Crippen LogP contribution in [0.15, 0.2) is 15.7 Å². The van der Waals surface area contributed by atoms with E-state index in [1.54, 1.807) is 0 Å². The van der Waals surface area contributed by atoms with Gasteiger partial charge in [0.2, 0.25) is 5.43 Å². The van der Waals surface area contributed by atoms with Gasteiger partial charge >= 0.3 is 0 Å². The zero-order valence-electron chi connectivity index (χ0n) is 16.2. The highest BCUT2D eigenvalue weighted by Gasteiger charge is 2.35. The summed E-state index contributed by atoms with van der Waals surface area (Å²) in [5.74, 6) is -0.0314. The van der Waals surface area contributed by atoms with Gasteiger partial charge in [0.1, 0.15) is 15.9 Å². The van der Waals surface area contributed by atoms with Crippen LogP contribution < -0.4 is 21.6 Å². The fourth-order valence-corrected chi connectivity index (χ4v) is 5.08. The van der Waals surface area contributed by atoms with Crippen LogP contribution >= 0.6 is 23.9 Å². The van der Waals surface area contributed by atoms with Crippen LogP contribution in [0.1, 0.15) is 39.2 Å². The van der Waals surface area contributed by atoms with Crippen LogP contribution in [0, 0.1) is 11.7 Å². The van der Waals surface area contributed by atoms with Crippen LogP contribution in [0.5, 0.6) is 0 Å². The summed E-state index contributed by atoms with van der Waals surface area (Å²) in [6, 6.07) is 1.44. The number of hydrogen-bond donors (Lipinski definition) is 2. The molecule has 10 heteroatoms. The molecule has 1 unspecified atom stereocenters. The highest BCUT2D eigenvalue weighted by molar-refractivity contribution is 7.12. The van der Waals surface area contributed by atoms with Crippen molar-refractivity contribution in [1.29, 1.82) is 0 Å². The van der Waals surface area contributed by atoms with Gasteiger partial charge in [-0.3, -0.25) is 14.0 Å². The molecule has 2 aliphatic rings. The van der Waals surface area contributed by atoms with Crippen LogP contribution in [0.25, 0.3) is 21.3 Å². The van der Waals surface area contributed by atoms with Gasteiger partial charge in [-0.25, -0.2) is 9.37 Å². The lowest BCUT2D eigenvalue weighted by molar-refractivity contribution is 0.348. The summed E-state index contributed by atoms with van der Waals surface area (Å²) in [6.45, 7) is 5.28. The molecule has 29 heavy (non-hydrogen) atoms. The van der Waals surface area contributed by atoms with Crippen molar-refractivity contribution in [3.8, 4) is 0 Å². The summed E-state index contributed by atoms with van der Waals surface area (Å²) in [5.41, 5.74) is 5.49. The van der Waals surface area contributed by atoms with E-state index in [2.05, 4.69) is 9.36 Å². The number of anilines is 1. The molecule has 2 fully saturated rings. The van der Waals surface area contributed by atoms with E-state index in [-0.39, 0.29) is 46.5 Å². The molecular formula is C19H23ClFN5O2S. The average Bonchev–Trinajstić information content (AvgIpc) is 3.19. The molecule has 0 spiro atoms. The number of aromatic nitrogens is 3. The van der Waals surface area contributed by atoms with Crippen LogP contribution in [0.2, 0.25) is 0 Å².